The van der Waals surface area contributed by atoms with E-state index in [1.165, 1.54) is 30.5 Å². The fraction of sp³-hybridized carbons (Fsp3) is 0.682. The van der Waals surface area contributed by atoms with E-state index in [2.05, 4.69) is 70.7 Å². The molecule has 6 heteroatoms. The van der Waals surface area contributed by atoms with Crippen molar-refractivity contribution in [1.82, 2.24) is 20.4 Å². The van der Waals surface area contributed by atoms with Crippen molar-refractivity contribution in [3.05, 3.63) is 29.8 Å². The van der Waals surface area contributed by atoms with Crippen LogP contribution in [0.15, 0.2) is 24.3 Å². The summed E-state index contributed by atoms with van der Waals surface area (Å²) in [6, 6.07) is 9.28. The Labute approximate surface area is 170 Å². The number of piperazine rings is 1. The Balaban J connectivity index is 1.62. The summed E-state index contributed by atoms with van der Waals surface area (Å²) >= 11 is 0. The van der Waals surface area contributed by atoms with Gasteiger partial charge in [0.05, 0.1) is 6.04 Å². The molecule has 0 aromatic heterocycles. The van der Waals surface area contributed by atoms with Crippen LogP contribution in [0.1, 0.15) is 43.7 Å². The third-order valence-corrected chi connectivity index (χ3v) is 6.17. The van der Waals surface area contributed by atoms with Gasteiger partial charge in [-0.3, -0.25) is 4.90 Å². The molecule has 1 heterocycles. The average molecular weight is 388 g/mol. The van der Waals surface area contributed by atoms with Gasteiger partial charge < -0.3 is 20.4 Å². The highest BCUT2D eigenvalue weighted by Gasteiger charge is 2.25. The summed E-state index contributed by atoms with van der Waals surface area (Å²) in [5, 5.41) is 6.33. The SMILES string of the molecule is CN1CCN([C@H](CNC(=O)NC2CCCCC2)c2ccc(N(C)C)cc2)CC1. The van der Waals surface area contributed by atoms with E-state index in [0.717, 1.165) is 39.0 Å². The fourth-order valence-corrected chi connectivity index (χ4v) is 4.26. The predicted octanol–water partition coefficient (Wildman–Crippen LogP) is 2.67. The van der Waals surface area contributed by atoms with Gasteiger partial charge in [0.25, 0.3) is 0 Å². The van der Waals surface area contributed by atoms with Crippen LogP contribution in [-0.2, 0) is 0 Å². The molecule has 1 saturated heterocycles. The number of likely N-dealkylation sites (N-methyl/N-ethyl adjacent to an activating group) is 1. The Morgan fingerprint density at radius 3 is 2.32 bits per heavy atom. The van der Waals surface area contributed by atoms with Gasteiger partial charge in [-0.05, 0) is 37.6 Å². The number of amides is 2. The van der Waals surface area contributed by atoms with Gasteiger partial charge >= 0.3 is 6.03 Å². The van der Waals surface area contributed by atoms with E-state index in [9.17, 15) is 4.79 Å². The molecule has 156 valence electrons. The Morgan fingerprint density at radius 2 is 1.71 bits per heavy atom. The molecule has 1 aromatic rings. The monoisotopic (exact) mass is 387 g/mol. The van der Waals surface area contributed by atoms with Crippen LogP contribution >= 0.6 is 0 Å². The largest absolute Gasteiger partial charge is 0.378 e. The molecule has 1 aromatic carbocycles. The zero-order chi connectivity index (χ0) is 19.9. The van der Waals surface area contributed by atoms with Crippen molar-refractivity contribution in [3.8, 4) is 0 Å². The van der Waals surface area contributed by atoms with Crippen molar-refractivity contribution in [1.29, 1.82) is 0 Å². The molecule has 1 saturated carbocycles. The van der Waals surface area contributed by atoms with Gasteiger partial charge in [-0.2, -0.15) is 0 Å². The van der Waals surface area contributed by atoms with Crippen LogP contribution in [0, 0.1) is 0 Å². The summed E-state index contributed by atoms with van der Waals surface area (Å²) < 4.78 is 0. The summed E-state index contributed by atoms with van der Waals surface area (Å²) in [7, 11) is 6.29. The molecule has 1 atom stereocenters. The first-order valence-corrected chi connectivity index (χ1v) is 10.8. The average Bonchev–Trinajstić information content (AvgIpc) is 2.70. The molecule has 0 unspecified atom stereocenters. The summed E-state index contributed by atoms with van der Waals surface area (Å²) in [5.74, 6) is 0. The van der Waals surface area contributed by atoms with Gasteiger partial charge in [0.2, 0.25) is 0 Å². The van der Waals surface area contributed by atoms with Crippen LogP contribution in [0.5, 0.6) is 0 Å². The highest BCUT2D eigenvalue weighted by atomic mass is 16.2. The molecule has 2 aliphatic rings. The van der Waals surface area contributed by atoms with Gasteiger partial charge in [-0.25, -0.2) is 4.79 Å². The number of carbonyl (C=O) groups excluding carboxylic acids is 1. The standard InChI is InChI=1S/C22H37N5O/c1-25(2)20-11-9-18(10-12-20)21(27-15-13-26(3)14-16-27)17-23-22(28)24-19-7-5-4-6-8-19/h9-12,19,21H,4-8,13-17H2,1-3H3,(H2,23,24,28)/t21-/m1/s1. The van der Waals surface area contributed by atoms with Gasteiger partial charge in [0.15, 0.2) is 0 Å². The first kappa shape index (κ1) is 20.9. The smallest absolute Gasteiger partial charge is 0.315 e. The summed E-state index contributed by atoms with van der Waals surface area (Å²) in [5.41, 5.74) is 2.47. The first-order valence-electron chi connectivity index (χ1n) is 10.8. The Morgan fingerprint density at radius 1 is 1.07 bits per heavy atom. The second-order valence-corrected chi connectivity index (χ2v) is 8.53. The normalized spacial score (nSPS) is 20.5. The predicted molar refractivity (Wildman–Crippen MR) is 116 cm³/mol. The highest BCUT2D eigenvalue weighted by Crippen LogP contribution is 2.24. The second kappa shape index (κ2) is 10.1. The second-order valence-electron chi connectivity index (χ2n) is 8.53. The van der Waals surface area contributed by atoms with Gasteiger partial charge in [0, 0.05) is 58.5 Å². The molecule has 2 amide bonds. The Kier molecular flexibility index (Phi) is 7.57. The van der Waals surface area contributed by atoms with Crippen molar-refractivity contribution in [3.63, 3.8) is 0 Å². The van der Waals surface area contributed by atoms with Crippen molar-refractivity contribution in [2.24, 2.45) is 0 Å². The van der Waals surface area contributed by atoms with E-state index >= 15 is 0 Å². The van der Waals surface area contributed by atoms with Crippen molar-refractivity contribution in [2.75, 3.05) is 58.8 Å². The van der Waals surface area contributed by atoms with Crippen molar-refractivity contribution in [2.45, 2.75) is 44.2 Å². The molecule has 2 N–H and O–H groups in total. The van der Waals surface area contributed by atoms with Crippen molar-refractivity contribution < 1.29 is 4.79 Å². The quantitative estimate of drug-likeness (QED) is 0.788. The van der Waals surface area contributed by atoms with Gasteiger partial charge in [0.1, 0.15) is 0 Å². The van der Waals surface area contributed by atoms with E-state index in [0.29, 0.717) is 12.6 Å². The molecule has 1 aliphatic carbocycles. The molecule has 0 spiro atoms. The van der Waals surface area contributed by atoms with Crippen LogP contribution in [-0.4, -0.2) is 75.7 Å². The lowest BCUT2D eigenvalue weighted by molar-refractivity contribution is 0.111. The molecule has 3 rings (SSSR count). The number of rotatable bonds is 6. The van der Waals surface area contributed by atoms with E-state index < -0.39 is 0 Å². The molecular formula is C22H37N5O. The van der Waals surface area contributed by atoms with Gasteiger partial charge in [-0.1, -0.05) is 31.4 Å². The van der Waals surface area contributed by atoms with Gasteiger partial charge in [-0.15, -0.1) is 0 Å². The van der Waals surface area contributed by atoms with Crippen LogP contribution in [0.4, 0.5) is 10.5 Å². The summed E-state index contributed by atoms with van der Waals surface area (Å²) in [4.78, 5) is 19.5. The maximum Gasteiger partial charge on any atom is 0.315 e. The number of nitrogens with one attached hydrogen (secondary N) is 2. The van der Waals surface area contributed by atoms with E-state index in [1.807, 2.05) is 0 Å². The van der Waals surface area contributed by atoms with Crippen molar-refractivity contribution >= 4 is 11.7 Å². The van der Waals surface area contributed by atoms with Crippen LogP contribution in [0.2, 0.25) is 0 Å². The zero-order valence-electron chi connectivity index (χ0n) is 17.8. The number of nitrogens with zero attached hydrogens (tertiary/aromatic N) is 3. The lowest BCUT2D eigenvalue weighted by Gasteiger charge is -2.38. The molecular weight excluding hydrogens is 350 g/mol. The number of hydrogen-bond acceptors (Lipinski definition) is 4. The minimum absolute atomic E-state index is 0.0176. The molecule has 0 radical (unpaired) electrons. The van der Waals surface area contributed by atoms with Crippen LogP contribution in [0.3, 0.4) is 0 Å². The molecule has 0 bridgehead atoms. The Hall–Kier alpha value is -1.79. The lowest BCUT2D eigenvalue weighted by Crippen LogP contribution is -2.50. The molecule has 28 heavy (non-hydrogen) atoms. The first-order chi connectivity index (χ1) is 13.5. The molecule has 2 fully saturated rings. The molecule has 1 aliphatic heterocycles. The zero-order valence-corrected chi connectivity index (χ0v) is 17.8. The number of urea groups is 1. The Bertz CT molecular complexity index is 604. The van der Waals surface area contributed by atoms with Crippen LogP contribution in [0.25, 0.3) is 0 Å². The highest BCUT2D eigenvalue weighted by molar-refractivity contribution is 5.74. The topological polar surface area (TPSA) is 50.9 Å². The number of hydrogen-bond donors (Lipinski definition) is 2. The maximum atomic E-state index is 12.5. The van der Waals surface area contributed by atoms with E-state index in [1.54, 1.807) is 0 Å². The van der Waals surface area contributed by atoms with E-state index in [-0.39, 0.29) is 12.1 Å². The minimum Gasteiger partial charge on any atom is -0.378 e. The number of carbonyl (C=O) groups is 1. The maximum absolute atomic E-state index is 12.5. The summed E-state index contributed by atoms with van der Waals surface area (Å²) in [6.07, 6.45) is 5.98. The minimum atomic E-state index is -0.0176. The number of benzene rings is 1. The number of anilines is 1. The third kappa shape index (κ3) is 5.85. The lowest BCUT2D eigenvalue weighted by atomic mass is 9.96. The van der Waals surface area contributed by atoms with E-state index in [4.69, 9.17) is 0 Å². The third-order valence-electron chi connectivity index (χ3n) is 6.17. The molecule has 6 nitrogen and oxygen atoms in total. The fourth-order valence-electron chi connectivity index (χ4n) is 4.26. The summed E-state index contributed by atoms with van der Waals surface area (Å²) in [6.45, 7) is 4.84. The van der Waals surface area contributed by atoms with Crippen LogP contribution < -0.4 is 15.5 Å².